The summed E-state index contributed by atoms with van der Waals surface area (Å²) < 4.78 is 0. The molecule has 1 N–H and O–H groups in total. The van der Waals surface area contributed by atoms with Crippen molar-refractivity contribution in [1.82, 2.24) is 0 Å². The molecule has 1 fully saturated rings. The summed E-state index contributed by atoms with van der Waals surface area (Å²) >= 11 is 0. The van der Waals surface area contributed by atoms with Gasteiger partial charge in [-0.2, -0.15) is 0 Å². The Hall–Kier alpha value is -0.0400. The summed E-state index contributed by atoms with van der Waals surface area (Å²) in [6.07, 6.45) is 8.68. The number of aliphatic hydroxyl groups excluding tert-OH is 1. The van der Waals surface area contributed by atoms with Gasteiger partial charge < -0.3 is 5.11 Å². The smallest absolute Gasteiger partial charge is 0.0568 e. The van der Waals surface area contributed by atoms with E-state index in [-0.39, 0.29) is 6.10 Å². The standard InChI is InChI=1S/C12H24O/c1-3-5-6-11-9-10(4-2)7-8-12(11)13/h10-13H,3-9H2,1-2H3. The fourth-order valence-electron chi connectivity index (χ4n) is 2.49. The van der Waals surface area contributed by atoms with Crippen molar-refractivity contribution in [2.45, 2.75) is 64.9 Å². The fourth-order valence-corrected chi connectivity index (χ4v) is 2.49. The van der Waals surface area contributed by atoms with Crippen LogP contribution in [0.25, 0.3) is 0 Å². The van der Waals surface area contributed by atoms with Crippen LogP contribution in [0.15, 0.2) is 0 Å². The second-order valence-corrected chi connectivity index (χ2v) is 4.56. The van der Waals surface area contributed by atoms with E-state index < -0.39 is 0 Å². The first-order chi connectivity index (χ1) is 6.27. The van der Waals surface area contributed by atoms with Crippen molar-refractivity contribution in [2.24, 2.45) is 11.8 Å². The minimum atomic E-state index is 0.00866. The first-order valence-electron chi connectivity index (χ1n) is 5.96. The van der Waals surface area contributed by atoms with Gasteiger partial charge in [0.15, 0.2) is 0 Å². The molecular formula is C12H24O. The van der Waals surface area contributed by atoms with E-state index in [2.05, 4.69) is 13.8 Å². The van der Waals surface area contributed by atoms with Gasteiger partial charge in [0.1, 0.15) is 0 Å². The Morgan fingerprint density at radius 2 is 2.00 bits per heavy atom. The molecule has 0 bridgehead atoms. The van der Waals surface area contributed by atoms with E-state index >= 15 is 0 Å². The molecule has 3 unspecified atom stereocenters. The highest BCUT2D eigenvalue weighted by atomic mass is 16.3. The molecule has 78 valence electrons. The second kappa shape index (κ2) is 5.64. The highest BCUT2D eigenvalue weighted by molar-refractivity contribution is 4.79. The van der Waals surface area contributed by atoms with E-state index in [0.29, 0.717) is 5.92 Å². The largest absolute Gasteiger partial charge is 0.393 e. The van der Waals surface area contributed by atoms with Crippen molar-refractivity contribution in [3.05, 3.63) is 0 Å². The molecule has 1 saturated carbocycles. The molecule has 0 aromatic carbocycles. The summed E-state index contributed by atoms with van der Waals surface area (Å²) in [4.78, 5) is 0. The van der Waals surface area contributed by atoms with Gasteiger partial charge in [-0.3, -0.25) is 0 Å². The lowest BCUT2D eigenvalue weighted by molar-refractivity contribution is 0.0420. The third kappa shape index (κ3) is 3.30. The summed E-state index contributed by atoms with van der Waals surface area (Å²) in [6, 6.07) is 0. The monoisotopic (exact) mass is 184 g/mol. The molecule has 13 heavy (non-hydrogen) atoms. The molecule has 1 heteroatoms. The van der Waals surface area contributed by atoms with Crippen molar-refractivity contribution in [2.75, 3.05) is 0 Å². The van der Waals surface area contributed by atoms with Crippen LogP contribution < -0.4 is 0 Å². The highest BCUT2D eigenvalue weighted by Crippen LogP contribution is 2.33. The molecule has 0 amide bonds. The van der Waals surface area contributed by atoms with Gasteiger partial charge in [-0.25, -0.2) is 0 Å². The number of hydrogen-bond acceptors (Lipinski definition) is 1. The van der Waals surface area contributed by atoms with Crippen LogP contribution in [0.5, 0.6) is 0 Å². The molecule has 1 aliphatic rings. The van der Waals surface area contributed by atoms with Crippen LogP contribution in [0, 0.1) is 11.8 Å². The van der Waals surface area contributed by atoms with Crippen molar-refractivity contribution in [1.29, 1.82) is 0 Å². The number of rotatable bonds is 4. The minimum absolute atomic E-state index is 0.00866. The van der Waals surface area contributed by atoms with Gasteiger partial charge >= 0.3 is 0 Å². The van der Waals surface area contributed by atoms with Gasteiger partial charge in [0.2, 0.25) is 0 Å². The summed E-state index contributed by atoms with van der Waals surface area (Å²) in [6.45, 7) is 4.51. The Labute approximate surface area is 82.5 Å². The number of aliphatic hydroxyl groups is 1. The maximum atomic E-state index is 9.81. The molecule has 0 radical (unpaired) electrons. The zero-order chi connectivity index (χ0) is 9.68. The van der Waals surface area contributed by atoms with Crippen LogP contribution in [-0.2, 0) is 0 Å². The van der Waals surface area contributed by atoms with Crippen molar-refractivity contribution in [3.8, 4) is 0 Å². The predicted molar refractivity (Wildman–Crippen MR) is 56.7 cm³/mol. The van der Waals surface area contributed by atoms with Crippen LogP contribution in [0.2, 0.25) is 0 Å². The molecule has 0 spiro atoms. The van der Waals surface area contributed by atoms with E-state index in [1.54, 1.807) is 0 Å². The van der Waals surface area contributed by atoms with Gasteiger partial charge in [0.05, 0.1) is 6.10 Å². The Kier molecular flexibility index (Phi) is 4.79. The number of hydrogen-bond donors (Lipinski definition) is 1. The fraction of sp³-hybridized carbons (Fsp3) is 1.00. The molecule has 0 aliphatic heterocycles. The minimum Gasteiger partial charge on any atom is -0.393 e. The Morgan fingerprint density at radius 3 is 2.62 bits per heavy atom. The third-order valence-corrected chi connectivity index (χ3v) is 3.56. The average molecular weight is 184 g/mol. The topological polar surface area (TPSA) is 20.2 Å². The van der Waals surface area contributed by atoms with Crippen LogP contribution >= 0.6 is 0 Å². The summed E-state index contributed by atoms with van der Waals surface area (Å²) in [5, 5.41) is 9.81. The van der Waals surface area contributed by atoms with Crippen LogP contribution in [0.1, 0.15) is 58.8 Å². The lowest BCUT2D eigenvalue weighted by atomic mass is 9.76. The summed E-state index contributed by atoms with van der Waals surface area (Å²) in [5.74, 6) is 1.50. The average Bonchev–Trinajstić information content (AvgIpc) is 2.17. The normalized spacial score (nSPS) is 34.8. The summed E-state index contributed by atoms with van der Waals surface area (Å²) in [5.41, 5.74) is 0. The molecule has 0 heterocycles. The van der Waals surface area contributed by atoms with E-state index in [1.165, 1.54) is 38.5 Å². The number of unbranched alkanes of at least 4 members (excludes halogenated alkanes) is 1. The summed E-state index contributed by atoms with van der Waals surface area (Å²) in [7, 11) is 0. The van der Waals surface area contributed by atoms with Crippen molar-refractivity contribution in [3.63, 3.8) is 0 Å². The van der Waals surface area contributed by atoms with E-state index in [4.69, 9.17) is 0 Å². The van der Waals surface area contributed by atoms with Gasteiger partial charge in [0, 0.05) is 0 Å². The van der Waals surface area contributed by atoms with E-state index in [9.17, 15) is 5.11 Å². The molecule has 0 aromatic heterocycles. The Morgan fingerprint density at radius 1 is 1.23 bits per heavy atom. The van der Waals surface area contributed by atoms with E-state index in [0.717, 1.165) is 12.3 Å². The maximum absolute atomic E-state index is 9.81. The first-order valence-corrected chi connectivity index (χ1v) is 5.96. The van der Waals surface area contributed by atoms with E-state index in [1.807, 2.05) is 0 Å². The molecule has 1 nitrogen and oxygen atoms in total. The lowest BCUT2D eigenvalue weighted by Crippen LogP contribution is -2.28. The highest BCUT2D eigenvalue weighted by Gasteiger charge is 2.27. The second-order valence-electron chi connectivity index (χ2n) is 4.56. The van der Waals surface area contributed by atoms with Crippen LogP contribution in [-0.4, -0.2) is 11.2 Å². The quantitative estimate of drug-likeness (QED) is 0.710. The molecular weight excluding hydrogens is 160 g/mol. The Bertz CT molecular complexity index is 133. The zero-order valence-corrected chi connectivity index (χ0v) is 9.13. The third-order valence-electron chi connectivity index (χ3n) is 3.56. The lowest BCUT2D eigenvalue weighted by Gasteiger charge is -2.32. The first kappa shape index (κ1) is 11.0. The van der Waals surface area contributed by atoms with Gasteiger partial charge in [-0.05, 0) is 37.5 Å². The van der Waals surface area contributed by atoms with Crippen LogP contribution in [0.4, 0.5) is 0 Å². The molecule has 1 rings (SSSR count). The maximum Gasteiger partial charge on any atom is 0.0568 e. The van der Waals surface area contributed by atoms with Gasteiger partial charge in [-0.15, -0.1) is 0 Å². The SMILES string of the molecule is CCCCC1CC(CC)CCC1O. The molecule has 0 aromatic rings. The Balaban J connectivity index is 2.31. The molecule has 3 atom stereocenters. The predicted octanol–water partition coefficient (Wildman–Crippen LogP) is 3.36. The molecule has 1 aliphatic carbocycles. The van der Waals surface area contributed by atoms with Crippen molar-refractivity contribution < 1.29 is 5.11 Å². The molecule has 0 saturated heterocycles. The van der Waals surface area contributed by atoms with Crippen molar-refractivity contribution >= 4 is 0 Å². The van der Waals surface area contributed by atoms with Gasteiger partial charge in [0.25, 0.3) is 0 Å². The van der Waals surface area contributed by atoms with Crippen LogP contribution in [0.3, 0.4) is 0 Å². The van der Waals surface area contributed by atoms with Gasteiger partial charge in [-0.1, -0.05) is 33.1 Å². The zero-order valence-electron chi connectivity index (χ0n) is 9.13.